The predicted octanol–water partition coefficient (Wildman–Crippen LogP) is 0.858. The van der Waals surface area contributed by atoms with Gasteiger partial charge in [-0.1, -0.05) is 12.1 Å². The maximum atomic E-state index is 11.1. The number of carbonyl (C=O) groups is 1. The number of benzene rings is 1. The lowest BCUT2D eigenvalue weighted by atomic mass is 10.1. The van der Waals surface area contributed by atoms with E-state index < -0.39 is 0 Å². The third-order valence-corrected chi connectivity index (χ3v) is 3.66. The summed E-state index contributed by atoms with van der Waals surface area (Å²) in [6, 6.07) is 6.17. The first-order valence-corrected chi connectivity index (χ1v) is 6.07. The molecule has 1 aliphatic heterocycles. The summed E-state index contributed by atoms with van der Waals surface area (Å²) in [6.45, 7) is 0.712. The third kappa shape index (κ3) is 1.89. The Morgan fingerprint density at radius 1 is 1.41 bits per heavy atom. The normalized spacial score (nSPS) is 26.9. The monoisotopic (exact) mass is 232 g/mol. The van der Waals surface area contributed by atoms with Gasteiger partial charge in [-0.3, -0.25) is 4.79 Å². The van der Waals surface area contributed by atoms with Crippen LogP contribution >= 0.6 is 0 Å². The van der Waals surface area contributed by atoms with Crippen LogP contribution in [0.1, 0.15) is 30.0 Å². The first-order chi connectivity index (χ1) is 8.24. The van der Waals surface area contributed by atoms with Crippen LogP contribution in [0.2, 0.25) is 0 Å². The molecule has 0 bridgehead atoms. The third-order valence-electron chi connectivity index (χ3n) is 3.66. The number of phenols is 1. The van der Waals surface area contributed by atoms with E-state index in [9.17, 15) is 9.90 Å². The lowest BCUT2D eigenvalue weighted by molar-refractivity contribution is -0.119. The molecule has 4 heteroatoms. The summed E-state index contributed by atoms with van der Waals surface area (Å²) < 4.78 is 0. The molecule has 90 valence electrons. The van der Waals surface area contributed by atoms with Gasteiger partial charge in [-0.2, -0.15) is 0 Å². The van der Waals surface area contributed by atoms with Gasteiger partial charge < -0.3 is 15.7 Å². The Hall–Kier alpha value is -1.55. The van der Waals surface area contributed by atoms with Gasteiger partial charge in [0, 0.05) is 25.0 Å². The fourth-order valence-electron chi connectivity index (χ4n) is 2.82. The maximum absolute atomic E-state index is 11.1. The van der Waals surface area contributed by atoms with Gasteiger partial charge in [-0.05, 0) is 30.0 Å². The van der Waals surface area contributed by atoms with Crippen molar-refractivity contribution in [3.05, 3.63) is 29.3 Å². The molecule has 1 amide bonds. The van der Waals surface area contributed by atoms with Crippen molar-refractivity contribution < 1.29 is 9.90 Å². The van der Waals surface area contributed by atoms with Crippen molar-refractivity contribution in [2.75, 3.05) is 6.54 Å². The highest BCUT2D eigenvalue weighted by atomic mass is 16.3. The van der Waals surface area contributed by atoms with Crippen molar-refractivity contribution in [2.24, 2.45) is 0 Å². The summed E-state index contributed by atoms with van der Waals surface area (Å²) >= 11 is 0. The smallest absolute Gasteiger partial charge is 0.221 e. The molecule has 3 N–H and O–H groups in total. The van der Waals surface area contributed by atoms with Crippen molar-refractivity contribution in [3.63, 3.8) is 0 Å². The quantitative estimate of drug-likeness (QED) is 0.708. The van der Waals surface area contributed by atoms with Crippen LogP contribution in [-0.4, -0.2) is 23.6 Å². The standard InChI is InChI=1S/C13H16N2O2/c16-12-3-1-2-9-10(12)4-5-11(9)15-8-6-13(17)14-7-8/h1-3,8,11,15-16H,4-7H2,(H,14,17). The summed E-state index contributed by atoms with van der Waals surface area (Å²) in [6.07, 6.45) is 2.47. The Morgan fingerprint density at radius 3 is 3.06 bits per heavy atom. The second kappa shape index (κ2) is 4.04. The topological polar surface area (TPSA) is 61.4 Å². The molecule has 17 heavy (non-hydrogen) atoms. The van der Waals surface area contributed by atoms with Crippen LogP contribution in [0.5, 0.6) is 5.75 Å². The first kappa shape index (κ1) is 10.6. The minimum Gasteiger partial charge on any atom is -0.508 e. The average molecular weight is 232 g/mol. The van der Waals surface area contributed by atoms with Gasteiger partial charge >= 0.3 is 0 Å². The molecule has 2 unspecified atom stereocenters. The Morgan fingerprint density at radius 2 is 2.29 bits per heavy atom. The molecule has 3 rings (SSSR count). The van der Waals surface area contributed by atoms with Crippen molar-refractivity contribution in [1.82, 2.24) is 10.6 Å². The van der Waals surface area contributed by atoms with E-state index in [4.69, 9.17) is 0 Å². The molecule has 1 aromatic carbocycles. The number of amides is 1. The summed E-state index contributed by atoms with van der Waals surface area (Å²) in [5.74, 6) is 0.518. The predicted molar refractivity (Wildman–Crippen MR) is 63.7 cm³/mol. The second-order valence-electron chi connectivity index (χ2n) is 4.81. The van der Waals surface area contributed by atoms with Crippen LogP contribution in [0.3, 0.4) is 0 Å². The molecular weight excluding hydrogens is 216 g/mol. The molecule has 0 aromatic heterocycles. The average Bonchev–Trinajstić information content (AvgIpc) is 2.88. The molecule has 1 saturated heterocycles. The van der Waals surface area contributed by atoms with Gasteiger partial charge in [0.2, 0.25) is 5.91 Å². The number of aromatic hydroxyl groups is 1. The summed E-state index contributed by atoms with van der Waals surface area (Å²) in [7, 11) is 0. The molecule has 1 heterocycles. The summed E-state index contributed by atoms with van der Waals surface area (Å²) in [5, 5.41) is 16.1. The van der Waals surface area contributed by atoms with Gasteiger partial charge in [0.15, 0.2) is 0 Å². The van der Waals surface area contributed by atoms with Gasteiger partial charge in [-0.15, -0.1) is 0 Å². The lowest BCUT2D eigenvalue weighted by Gasteiger charge is -2.18. The van der Waals surface area contributed by atoms with Gasteiger partial charge in [0.1, 0.15) is 5.75 Å². The number of carbonyl (C=O) groups excluding carboxylic acids is 1. The van der Waals surface area contributed by atoms with Gasteiger partial charge in [-0.25, -0.2) is 0 Å². The molecule has 1 aromatic rings. The SMILES string of the molecule is O=C1CC(NC2CCc3c(O)cccc32)CN1. The molecule has 1 fully saturated rings. The summed E-state index contributed by atoms with van der Waals surface area (Å²) in [4.78, 5) is 11.1. The van der Waals surface area contributed by atoms with Crippen molar-refractivity contribution >= 4 is 5.91 Å². The number of nitrogens with one attached hydrogen (secondary N) is 2. The van der Waals surface area contributed by atoms with Crippen LogP contribution in [0.15, 0.2) is 18.2 Å². The van der Waals surface area contributed by atoms with Crippen molar-refractivity contribution in [3.8, 4) is 5.75 Å². The zero-order chi connectivity index (χ0) is 11.8. The minimum absolute atomic E-state index is 0.122. The Bertz CT molecular complexity index is 459. The van der Waals surface area contributed by atoms with E-state index in [2.05, 4.69) is 16.7 Å². The van der Waals surface area contributed by atoms with E-state index in [0.29, 0.717) is 18.7 Å². The Balaban J connectivity index is 1.75. The van der Waals surface area contributed by atoms with Gasteiger partial charge in [0.25, 0.3) is 0 Å². The van der Waals surface area contributed by atoms with E-state index in [1.54, 1.807) is 6.07 Å². The zero-order valence-corrected chi connectivity index (χ0v) is 9.57. The van der Waals surface area contributed by atoms with E-state index >= 15 is 0 Å². The molecule has 0 spiro atoms. The number of phenolic OH excluding ortho intramolecular Hbond substituents is 1. The van der Waals surface area contributed by atoms with Crippen LogP contribution < -0.4 is 10.6 Å². The fraction of sp³-hybridized carbons (Fsp3) is 0.462. The highest BCUT2D eigenvalue weighted by molar-refractivity contribution is 5.78. The van der Waals surface area contributed by atoms with Crippen molar-refractivity contribution in [2.45, 2.75) is 31.3 Å². The lowest BCUT2D eigenvalue weighted by Crippen LogP contribution is -2.33. The van der Waals surface area contributed by atoms with E-state index in [0.717, 1.165) is 18.4 Å². The van der Waals surface area contributed by atoms with Gasteiger partial charge in [0.05, 0.1) is 0 Å². The number of hydrogen-bond donors (Lipinski definition) is 3. The van der Waals surface area contributed by atoms with E-state index in [1.807, 2.05) is 6.07 Å². The van der Waals surface area contributed by atoms with E-state index in [1.165, 1.54) is 5.56 Å². The molecular formula is C13H16N2O2. The highest BCUT2D eigenvalue weighted by Gasteiger charge is 2.29. The van der Waals surface area contributed by atoms with E-state index in [-0.39, 0.29) is 18.0 Å². The summed E-state index contributed by atoms with van der Waals surface area (Å²) in [5.41, 5.74) is 2.24. The maximum Gasteiger partial charge on any atom is 0.221 e. The van der Waals surface area contributed by atoms with Crippen LogP contribution in [-0.2, 0) is 11.2 Å². The van der Waals surface area contributed by atoms with Crippen molar-refractivity contribution in [1.29, 1.82) is 0 Å². The van der Waals surface area contributed by atoms with Crippen LogP contribution in [0.25, 0.3) is 0 Å². The van der Waals surface area contributed by atoms with Crippen LogP contribution in [0.4, 0.5) is 0 Å². The molecule has 0 saturated carbocycles. The molecule has 4 nitrogen and oxygen atoms in total. The second-order valence-corrected chi connectivity index (χ2v) is 4.81. The largest absolute Gasteiger partial charge is 0.508 e. The minimum atomic E-state index is 0.122. The molecule has 2 atom stereocenters. The fourth-order valence-corrected chi connectivity index (χ4v) is 2.82. The zero-order valence-electron chi connectivity index (χ0n) is 9.57. The molecule has 0 radical (unpaired) electrons. The number of fused-ring (bicyclic) bond motifs is 1. The Labute approximate surface area is 100 Å². The first-order valence-electron chi connectivity index (χ1n) is 6.07. The number of hydrogen-bond acceptors (Lipinski definition) is 3. The molecule has 2 aliphatic rings. The van der Waals surface area contributed by atoms with Crippen LogP contribution in [0, 0.1) is 0 Å². The molecule has 1 aliphatic carbocycles. The number of rotatable bonds is 2. The highest BCUT2D eigenvalue weighted by Crippen LogP contribution is 2.36. The Kier molecular flexibility index (Phi) is 2.52.